The summed E-state index contributed by atoms with van der Waals surface area (Å²) in [6, 6.07) is 0. The average Bonchev–Trinajstić information content (AvgIpc) is 2.94. The Bertz CT molecular complexity index is 786. The Balaban J connectivity index is 1.69. The number of hydrogen-bond donors (Lipinski definition) is 0. The molecule has 3 nitrogen and oxygen atoms in total. The van der Waals surface area contributed by atoms with E-state index in [1.165, 1.54) is 5.57 Å². The van der Waals surface area contributed by atoms with Gasteiger partial charge in [-0.25, -0.2) is 0 Å². The number of carbonyl (C=O) groups is 2. The molecule has 0 unspecified atom stereocenters. The van der Waals surface area contributed by atoms with Gasteiger partial charge in [0.1, 0.15) is 5.78 Å². The topological polar surface area (TPSA) is 43.4 Å². The Morgan fingerprint density at radius 1 is 1.10 bits per heavy atom. The van der Waals surface area contributed by atoms with E-state index in [-0.39, 0.29) is 21.7 Å². The summed E-state index contributed by atoms with van der Waals surface area (Å²) >= 11 is 0. The number of fused-ring (bicyclic) bond motifs is 5. The highest BCUT2D eigenvalue weighted by Crippen LogP contribution is 2.64. The molecule has 4 aliphatic carbocycles. The molecule has 4 heteroatoms. The largest absolute Gasteiger partial charge is 0.416 e. The van der Waals surface area contributed by atoms with E-state index in [0.717, 1.165) is 38.5 Å². The van der Waals surface area contributed by atoms with E-state index in [1.54, 1.807) is 6.08 Å². The van der Waals surface area contributed by atoms with Crippen molar-refractivity contribution in [1.29, 1.82) is 0 Å². The van der Waals surface area contributed by atoms with Crippen molar-refractivity contribution >= 4 is 19.9 Å². The van der Waals surface area contributed by atoms with Gasteiger partial charge in [-0.15, -0.1) is 0 Å². The summed E-state index contributed by atoms with van der Waals surface area (Å²) in [5, 5.41) is 0.165. The van der Waals surface area contributed by atoms with Crippen LogP contribution in [0, 0.1) is 28.6 Å². The van der Waals surface area contributed by atoms with Crippen molar-refractivity contribution in [2.75, 3.05) is 6.61 Å². The predicted octanol–water partition coefficient (Wildman–Crippen LogP) is 5.87. The lowest BCUT2D eigenvalue weighted by Crippen LogP contribution is -2.54. The fourth-order valence-electron chi connectivity index (χ4n) is 6.55. The highest BCUT2D eigenvalue weighted by atomic mass is 28.4. The molecule has 0 saturated heterocycles. The van der Waals surface area contributed by atoms with Crippen molar-refractivity contribution in [1.82, 2.24) is 0 Å². The van der Waals surface area contributed by atoms with Crippen LogP contribution in [0.25, 0.3) is 0 Å². The first-order valence-corrected chi connectivity index (χ1v) is 14.4. The number of rotatable bonds is 3. The highest BCUT2D eigenvalue weighted by molar-refractivity contribution is 6.74. The molecule has 0 heterocycles. The Kier molecular flexibility index (Phi) is 4.94. The van der Waals surface area contributed by atoms with E-state index in [9.17, 15) is 9.59 Å². The maximum Gasteiger partial charge on any atom is 0.192 e. The third-order valence-corrected chi connectivity index (χ3v) is 14.0. The molecule has 0 amide bonds. The van der Waals surface area contributed by atoms with Gasteiger partial charge in [0.05, 0.1) is 0 Å². The van der Waals surface area contributed by atoms with Crippen LogP contribution in [0.2, 0.25) is 18.1 Å². The zero-order valence-corrected chi connectivity index (χ0v) is 20.1. The van der Waals surface area contributed by atoms with Crippen LogP contribution in [0.1, 0.15) is 66.2 Å². The summed E-state index contributed by atoms with van der Waals surface area (Å²) in [5.74, 6) is 2.17. The van der Waals surface area contributed by atoms with Gasteiger partial charge in [-0.05, 0) is 80.1 Å². The van der Waals surface area contributed by atoms with Gasteiger partial charge >= 0.3 is 0 Å². The molecule has 0 aliphatic heterocycles. The Morgan fingerprint density at radius 2 is 1.83 bits per heavy atom. The number of carbonyl (C=O) groups excluding carboxylic acids is 2. The maximum absolute atomic E-state index is 12.7. The predicted molar refractivity (Wildman–Crippen MR) is 119 cm³/mol. The number of hydrogen-bond acceptors (Lipinski definition) is 3. The van der Waals surface area contributed by atoms with Gasteiger partial charge in [-0.3, -0.25) is 9.59 Å². The van der Waals surface area contributed by atoms with Gasteiger partial charge in [-0.2, -0.15) is 0 Å². The summed E-state index contributed by atoms with van der Waals surface area (Å²) in [6.07, 6.45) is 11.9. The summed E-state index contributed by atoms with van der Waals surface area (Å²) in [6.45, 7) is 14.4. The lowest BCUT2D eigenvalue weighted by atomic mass is 9.48. The van der Waals surface area contributed by atoms with Crippen molar-refractivity contribution < 1.29 is 14.0 Å². The van der Waals surface area contributed by atoms with Gasteiger partial charge in [0.15, 0.2) is 14.1 Å². The van der Waals surface area contributed by atoms with Crippen molar-refractivity contribution in [3.63, 3.8) is 0 Å². The van der Waals surface area contributed by atoms with Gasteiger partial charge < -0.3 is 4.43 Å². The smallest absolute Gasteiger partial charge is 0.192 e. The second-order valence-electron chi connectivity index (χ2n) is 11.8. The molecule has 5 atom stereocenters. The van der Waals surface area contributed by atoms with E-state index in [4.69, 9.17) is 4.43 Å². The fourth-order valence-corrected chi connectivity index (χ4v) is 7.58. The minimum absolute atomic E-state index is 0.113. The quantitative estimate of drug-likeness (QED) is 0.543. The third-order valence-electron chi connectivity index (χ3n) is 9.49. The minimum Gasteiger partial charge on any atom is -0.416 e. The normalized spacial score (nSPS) is 39.7. The van der Waals surface area contributed by atoms with Crippen LogP contribution in [-0.4, -0.2) is 26.5 Å². The van der Waals surface area contributed by atoms with Crippen molar-refractivity contribution in [2.45, 2.75) is 84.4 Å². The lowest BCUT2D eigenvalue weighted by molar-refractivity contribution is -0.132. The molecule has 0 aromatic carbocycles. The molecule has 4 aliphatic rings. The summed E-state index contributed by atoms with van der Waals surface area (Å²) < 4.78 is 6.80. The monoisotopic (exact) mass is 414 g/mol. The van der Waals surface area contributed by atoms with Crippen LogP contribution in [0.5, 0.6) is 0 Å². The molecular weight excluding hydrogens is 376 g/mol. The molecule has 0 N–H and O–H groups in total. The van der Waals surface area contributed by atoms with Crippen LogP contribution >= 0.6 is 0 Å². The molecule has 3 saturated carbocycles. The van der Waals surface area contributed by atoms with Gasteiger partial charge in [0, 0.05) is 23.9 Å². The van der Waals surface area contributed by atoms with Crippen LogP contribution in [0.15, 0.2) is 23.8 Å². The molecule has 3 fully saturated rings. The van der Waals surface area contributed by atoms with Crippen molar-refractivity contribution in [3.8, 4) is 0 Å². The summed E-state index contributed by atoms with van der Waals surface area (Å²) in [4.78, 5) is 24.9. The standard InChI is InChI=1S/C25H38O3Si/c1-23(2,3)29(5,6)28-16-25-14-11-18(26)15-17(25)7-8-19-20-9-10-22(27)24(20,4)13-12-21(19)25/h11,14-15,19-21H,7-10,12-13,16H2,1-6H3/t19-,20-,21-,24-,25+/m0/s1. The van der Waals surface area contributed by atoms with Gasteiger partial charge in [0.2, 0.25) is 0 Å². The maximum atomic E-state index is 12.7. The van der Waals surface area contributed by atoms with Crippen molar-refractivity contribution in [3.05, 3.63) is 23.8 Å². The van der Waals surface area contributed by atoms with Crippen LogP contribution in [0.3, 0.4) is 0 Å². The SMILES string of the molecule is CC(C)(C)[Si](C)(C)OC[C@]12C=CC(=O)C=C1CC[C@H]1[C@@H]3CCC(=O)[C@@]3(C)CC[C@@H]12. The van der Waals surface area contributed by atoms with E-state index in [2.05, 4.69) is 46.9 Å². The minimum atomic E-state index is -1.90. The van der Waals surface area contributed by atoms with E-state index in [1.807, 2.05) is 6.08 Å². The van der Waals surface area contributed by atoms with E-state index < -0.39 is 8.32 Å². The second-order valence-corrected chi connectivity index (χ2v) is 16.6. The molecule has 29 heavy (non-hydrogen) atoms. The average molecular weight is 415 g/mol. The molecule has 160 valence electrons. The van der Waals surface area contributed by atoms with Gasteiger partial charge in [-0.1, -0.05) is 39.3 Å². The zero-order chi connectivity index (χ0) is 21.2. The highest BCUT2D eigenvalue weighted by Gasteiger charge is 2.60. The Hall–Kier alpha value is -1.00. The molecule has 0 radical (unpaired) electrons. The molecule has 0 spiro atoms. The zero-order valence-electron chi connectivity index (χ0n) is 19.1. The third kappa shape index (κ3) is 3.17. The van der Waals surface area contributed by atoms with Crippen LogP contribution < -0.4 is 0 Å². The lowest BCUT2D eigenvalue weighted by Gasteiger charge is -2.57. The fraction of sp³-hybridized carbons (Fsp3) is 0.760. The van der Waals surface area contributed by atoms with Crippen molar-refractivity contribution in [2.24, 2.45) is 28.6 Å². The van der Waals surface area contributed by atoms with Gasteiger partial charge in [0.25, 0.3) is 0 Å². The van der Waals surface area contributed by atoms with E-state index >= 15 is 0 Å². The number of allylic oxidation sites excluding steroid dienone is 2. The van der Waals surface area contributed by atoms with Crippen LogP contribution in [-0.2, 0) is 14.0 Å². The molecule has 0 aromatic heterocycles. The summed E-state index contributed by atoms with van der Waals surface area (Å²) in [5.41, 5.74) is 1.02. The first-order chi connectivity index (χ1) is 13.4. The van der Waals surface area contributed by atoms with E-state index in [0.29, 0.717) is 30.1 Å². The summed E-state index contributed by atoms with van der Waals surface area (Å²) in [7, 11) is -1.90. The first-order valence-electron chi connectivity index (χ1n) is 11.5. The Morgan fingerprint density at radius 3 is 2.52 bits per heavy atom. The molecule has 0 aromatic rings. The van der Waals surface area contributed by atoms with Crippen LogP contribution in [0.4, 0.5) is 0 Å². The molecular formula is C25H38O3Si. The number of ketones is 2. The first kappa shape index (κ1) is 21.2. The second kappa shape index (κ2) is 6.75. The molecule has 0 bridgehead atoms. The number of Topliss-reactive ketones (excluding diaryl/α,β-unsaturated/α-hetero) is 1. The molecule has 4 rings (SSSR count). The Labute approximate surface area is 177 Å².